The number of ether oxygens (including phenoxy) is 1. The van der Waals surface area contributed by atoms with Gasteiger partial charge < -0.3 is 9.15 Å². The van der Waals surface area contributed by atoms with Gasteiger partial charge in [-0.2, -0.15) is 0 Å². The highest BCUT2D eigenvalue weighted by Crippen LogP contribution is 2.21. The van der Waals surface area contributed by atoms with Gasteiger partial charge in [0.25, 0.3) is 5.89 Å². The van der Waals surface area contributed by atoms with Crippen molar-refractivity contribution in [2.24, 2.45) is 0 Å². The van der Waals surface area contributed by atoms with Crippen LogP contribution in [0.25, 0.3) is 0 Å². The summed E-state index contributed by atoms with van der Waals surface area (Å²) < 4.78 is 24.6. The van der Waals surface area contributed by atoms with Crippen LogP contribution in [0.3, 0.4) is 0 Å². The second-order valence-corrected chi connectivity index (χ2v) is 5.83. The summed E-state index contributed by atoms with van der Waals surface area (Å²) in [7, 11) is 2.00. The summed E-state index contributed by atoms with van der Waals surface area (Å²) in [5.74, 6) is 0.568. The molecule has 3 aromatic rings. The number of benzene rings is 2. The Morgan fingerprint density at radius 1 is 1.08 bits per heavy atom. The molecule has 0 N–H and O–H groups in total. The normalized spacial score (nSPS) is 12.3. The lowest BCUT2D eigenvalue weighted by Crippen LogP contribution is -2.22. The molecule has 130 valence electrons. The molecule has 0 aliphatic heterocycles. The maximum absolute atomic E-state index is 13.5. The predicted octanol–water partition coefficient (Wildman–Crippen LogP) is 3.98. The molecule has 6 heteroatoms. The molecule has 1 heterocycles. The monoisotopic (exact) mass is 341 g/mol. The van der Waals surface area contributed by atoms with Crippen molar-refractivity contribution in [2.75, 3.05) is 7.05 Å². The first-order chi connectivity index (χ1) is 12.1. The van der Waals surface area contributed by atoms with Crippen molar-refractivity contribution >= 4 is 0 Å². The highest BCUT2D eigenvalue weighted by Gasteiger charge is 2.19. The van der Waals surface area contributed by atoms with Crippen LogP contribution in [0.5, 0.6) is 5.75 Å². The van der Waals surface area contributed by atoms with Crippen molar-refractivity contribution in [3.63, 3.8) is 0 Å². The number of hydrogen-bond acceptors (Lipinski definition) is 5. The summed E-state index contributed by atoms with van der Waals surface area (Å²) >= 11 is 0. The van der Waals surface area contributed by atoms with Gasteiger partial charge in [-0.1, -0.05) is 42.5 Å². The van der Waals surface area contributed by atoms with Crippen LogP contribution in [0.2, 0.25) is 0 Å². The molecular weight excluding hydrogens is 321 g/mol. The number of halogens is 1. The van der Waals surface area contributed by atoms with Crippen LogP contribution >= 0.6 is 0 Å². The molecule has 0 saturated carbocycles. The summed E-state index contributed by atoms with van der Waals surface area (Å²) in [5, 5.41) is 8.06. The van der Waals surface area contributed by atoms with Crippen LogP contribution in [0.4, 0.5) is 4.39 Å². The number of aromatic nitrogens is 2. The van der Waals surface area contributed by atoms with Gasteiger partial charge in [-0.3, -0.25) is 4.90 Å². The number of rotatable bonds is 7. The van der Waals surface area contributed by atoms with Crippen molar-refractivity contribution in [3.8, 4) is 5.75 Å². The first-order valence-electron chi connectivity index (χ1n) is 8.07. The van der Waals surface area contributed by atoms with Crippen molar-refractivity contribution in [3.05, 3.63) is 77.8 Å². The lowest BCUT2D eigenvalue weighted by Gasteiger charge is -2.21. The molecule has 0 fully saturated rings. The van der Waals surface area contributed by atoms with Crippen LogP contribution < -0.4 is 4.74 Å². The fourth-order valence-electron chi connectivity index (χ4n) is 2.39. The lowest BCUT2D eigenvalue weighted by molar-refractivity contribution is 0.201. The summed E-state index contributed by atoms with van der Waals surface area (Å²) in [6.45, 7) is 2.80. The van der Waals surface area contributed by atoms with Crippen molar-refractivity contribution in [1.29, 1.82) is 0 Å². The van der Waals surface area contributed by atoms with E-state index in [2.05, 4.69) is 27.2 Å². The molecule has 0 spiro atoms. The van der Waals surface area contributed by atoms with Crippen LogP contribution in [0, 0.1) is 5.82 Å². The van der Waals surface area contributed by atoms with E-state index in [1.807, 2.05) is 32.2 Å². The molecule has 25 heavy (non-hydrogen) atoms. The zero-order chi connectivity index (χ0) is 17.6. The van der Waals surface area contributed by atoms with Gasteiger partial charge in [-0.15, -0.1) is 10.2 Å². The Balaban J connectivity index is 1.59. The number of para-hydroxylation sites is 1. The van der Waals surface area contributed by atoms with Gasteiger partial charge in [0.1, 0.15) is 0 Å². The molecule has 5 nitrogen and oxygen atoms in total. The SMILES string of the molecule is C[C@H](c1nnc(COc2ccccc2F)o1)N(C)Cc1ccccc1. The molecule has 0 aliphatic rings. The molecular formula is C19H20FN3O2. The van der Waals surface area contributed by atoms with E-state index in [-0.39, 0.29) is 18.4 Å². The van der Waals surface area contributed by atoms with Gasteiger partial charge in [-0.05, 0) is 31.7 Å². The fourth-order valence-corrected chi connectivity index (χ4v) is 2.39. The molecule has 0 unspecified atom stereocenters. The largest absolute Gasteiger partial charge is 0.481 e. The average molecular weight is 341 g/mol. The van der Waals surface area contributed by atoms with Crippen molar-refractivity contribution in [2.45, 2.75) is 26.1 Å². The van der Waals surface area contributed by atoms with Gasteiger partial charge >= 0.3 is 0 Å². The van der Waals surface area contributed by atoms with Gasteiger partial charge in [-0.25, -0.2) is 4.39 Å². The van der Waals surface area contributed by atoms with E-state index in [0.717, 1.165) is 6.54 Å². The Kier molecular flexibility index (Phi) is 5.40. The van der Waals surface area contributed by atoms with E-state index in [1.54, 1.807) is 18.2 Å². The molecule has 1 atom stereocenters. The van der Waals surface area contributed by atoms with E-state index in [9.17, 15) is 4.39 Å². The predicted molar refractivity (Wildman–Crippen MR) is 91.4 cm³/mol. The van der Waals surface area contributed by atoms with Gasteiger partial charge in [0.05, 0.1) is 6.04 Å². The smallest absolute Gasteiger partial charge is 0.253 e. The lowest BCUT2D eigenvalue weighted by atomic mass is 10.2. The van der Waals surface area contributed by atoms with Gasteiger partial charge in [0.15, 0.2) is 18.2 Å². The minimum Gasteiger partial charge on any atom is -0.481 e. The highest BCUT2D eigenvalue weighted by molar-refractivity contribution is 5.23. The quantitative estimate of drug-likeness (QED) is 0.650. The first-order valence-corrected chi connectivity index (χ1v) is 8.07. The van der Waals surface area contributed by atoms with E-state index < -0.39 is 5.82 Å². The third kappa shape index (κ3) is 4.42. The average Bonchev–Trinajstić information content (AvgIpc) is 3.10. The Bertz CT molecular complexity index is 807. The molecule has 0 radical (unpaired) electrons. The first kappa shape index (κ1) is 17.1. The summed E-state index contributed by atoms with van der Waals surface area (Å²) in [4.78, 5) is 2.12. The van der Waals surface area contributed by atoms with Crippen LogP contribution in [-0.2, 0) is 13.2 Å². The fraction of sp³-hybridized carbons (Fsp3) is 0.263. The third-order valence-electron chi connectivity index (χ3n) is 3.96. The summed E-state index contributed by atoms with van der Waals surface area (Å²) in [6.07, 6.45) is 0. The minimum absolute atomic E-state index is 0.0308. The Morgan fingerprint density at radius 2 is 1.80 bits per heavy atom. The maximum Gasteiger partial charge on any atom is 0.253 e. The minimum atomic E-state index is -0.418. The summed E-state index contributed by atoms with van der Waals surface area (Å²) in [6, 6.07) is 16.3. The number of hydrogen-bond donors (Lipinski definition) is 0. The molecule has 0 amide bonds. The molecule has 1 aromatic heterocycles. The van der Waals surface area contributed by atoms with Crippen molar-refractivity contribution in [1.82, 2.24) is 15.1 Å². The second-order valence-electron chi connectivity index (χ2n) is 5.83. The topological polar surface area (TPSA) is 51.4 Å². The van der Waals surface area contributed by atoms with Gasteiger partial charge in [0, 0.05) is 6.54 Å². The van der Waals surface area contributed by atoms with E-state index >= 15 is 0 Å². The van der Waals surface area contributed by atoms with E-state index in [4.69, 9.17) is 9.15 Å². The van der Waals surface area contributed by atoms with E-state index in [1.165, 1.54) is 11.6 Å². The highest BCUT2D eigenvalue weighted by atomic mass is 19.1. The number of nitrogens with zero attached hydrogens (tertiary/aromatic N) is 3. The van der Waals surface area contributed by atoms with Crippen molar-refractivity contribution < 1.29 is 13.5 Å². The van der Waals surface area contributed by atoms with Crippen LogP contribution in [-0.4, -0.2) is 22.1 Å². The molecule has 3 rings (SSSR count). The Morgan fingerprint density at radius 3 is 2.56 bits per heavy atom. The molecule has 0 aliphatic carbocycles. The van der Waals surface area contributed by atoms with E-state index in [0.29, 0.717) is 11.8 Å². The zero-order valence-electron chi connectivity index (χ0n) is 14.2. The molecule has 0 saturated heterocycles. The molecule has 2 aromatic carbocycles. The summed E-state index contributed by atoms with van der Waals surface area (Å²) in [5.41, 5.74) is 1.21. The maximum atomic E-state index is 13.5. The standard InChI is InChI=1S/C19H20FN3O2/c1-14(23(2)12-15-8-4-3-5-9-15)19-22-21-18(25-19)13-24-17-11-7-6-10-16(17)20/h3-11,14H,12-13H2,1-2H3/t14-/m1/s1. The van der Waals surface area contributed by atoms with Crippen LogP contribution in [0.1, 0.15) is 30.3 Å². The molecule has 0 bridgehead atoms. The zero-order valence-corrected chi connectivity index (χ0v) is 14.2. The van der Waals surface area contributed by atoms with Gasteiger partial charge in [0.2, 0.25) is 5.89 Å². The van der Waals surface area contributed by atoms with Crippen LogP contribution in [0.15, 0.2) is 59.0 Å². The Labute approximate surface area is 146 Å². The Hall–Kier alpha value is -2.73. The second kappa shape index (κ2) is 7.90. The third-order valence-corrected chi connectivity index (χ3v) is 3.96.